The van der Waals surface area contributed by atoms with E-state index in [0.717, 1.165) is 0 Å². The number of rotatable bonds is 3. The SMILES string of the molecule is CC(C)(C)NCc1nc2ccccc2n1CC(F)(F)F. The summed E-state index contributed by atoms with van der Waals surface area (Å²) in [7, 11) is 0. The maximum Gasteiger partial charge on any atom is 0.406 e. The number of para-hydroxylation sites is 2. The summed E-state index contributed by atoms with van der Waals surface area (Å²) in [4.78, 5) is 4.30. The van der Waals surface area contributed by atoms with Gasteiger partial charge in [-0.1, -0.05) is 12.1 Å². The van der Waals surface area contributed by atoms with Crippen LogP contribution in [0.4, 0.5) is 13.2 Å². The van der Waals surface area contributed by atoms with Crippen molar-refractivity contribution < 1.29 is 13.2 Å². The molecule has 3 nitrogen and oxygen atoms in total. The molecule has 0 fully saturated rings. The van der Waals surface area contributed by atoms with E-state index in [9.17, 15) is 13.2 Å². The average molecular weight is 285 g/mol. The molecule has 1 N–H and O–H groups in total. The fraction of sp³-hybridized carbons (Fsp3) is 0.500. The molecule has 1 heterocycles. The van der Waals surface area contributed by atoms with Crippen LogP contribution in [0.1, 0.15) is 26.6 Å². The van der Waals surface area contributed by atoms with Gasteiger partial charge in [0.2, 0.25) is 0 Å². The summed E-state index contributed by atoms with van der Waals surface area (Å²) in [5, 5.41) is 3.17. The highest BCUT2D eigenvalue weighted by Gasteiger charge is 2.30. The van der Waals surface area contributed by atoms with Gasteiger partial charge in [0.05, 0.1) is 17.6 Å². The second kappa shape index (κ2) is 5.09. The first-order valence-electron chi connectivity index (χ1n) is 6.42. The minimum atomic E-state index is -4.26. The number of aromatic nitrogens is 2. The van der Waals surface area contributed by atoms with E-state index in [1.165, 1.54) is 4.57 Å². The van der Waals surface area contributed by atoms with Crippen LogP contribution in [0.2, 0.25) is 0 Å². The van der Waals surface area contributed by atoms with Gasteiger partial charge in [-0.05, 0) is 32.9 Å². The molecule has 1 aromatic heterocycles. The second-order valence-corrected chi connectivity index (χ2v) is 5.82. The normalized spacial score (nSPS) is 13.1. The number of imidazole rings is 1. The van der Waals surface area contributed by atoms with Crippen LogP contribution >= 0.6 is 0 Å². The number of hydrogen-bond donors (Lipinski definition) is 1. The van der Waals surface area contributed by atoms with Crippen LogP contribution in [0.15, 0.2) is 24.3 Å². The zero-order valence-electron chi connectivity index (χ0n) is 11.8. The van der Waals surface area contributed by atoms with E-state index in [0.29, 0.717) is 23.4 Å². The van der Waals surface area contributed by atoms with E-state index >= 15 is 0 Å². The van der Waals surface area contributed by atoms with Crippen LogP contribution < -0.4 is 5.32 Å². The zero-order valence-corrected chi connectivity index (χ0v) is 11.8. The van der Waals surface area contributed by atoms with Gasteiger partial charge in [0.25, 0.3) is 0 Å². The predicted molar refractivity (Wildman–Crippen MR) is 72.4 cm³/mol. The lowest BCUT2D eigenvalue weighted by Crippen LogP contribution is -2.36. The molecule has 0 aliphatic heterocycles. The fourth-order valence-corrected chi connectivity index (χ4v) is 1.96. The molecule has 0 bridgehead atoms. The molecule has 0 aliphatic carbocycles. The van der Waals surface area contributed by atoms with Gasteiger partial charge in [-0.2, -0.15) is 13.2 Å². The van der Waals surface area contributed by atoms with Crippen molar-refractivity contribution in [2.45, 2.75) is 45.6 Å². The Morgan fingerprint density at radius 3 is 2.40 bits per heavy atom. The summed E-state index contributed by atoms with van der Waals surface area (Å²) in [5.41, 5.74) is 0.916. The van der Waals surface area contributed by atoms with Gasteiger partial charge < -0.3 is 9.88 Å². The molecule has 20 heavy (non-hydrogen) atoms. The first-order valence-corrected chi connectivity index (χ1v) is 6.42. The van der Waals surface area contributed by atoms with Crippen LogP contribution in [0.25, 0.3) is 11.0 Å². The molecular formula is C14H18F3N3. The summed E-state index contributed by atoms with van der Waals surface area (Å²) in [6, 6.07) is 6.88. The number of halogens is 3. The molecule has 2 rings (SSSR count). The molecule has 0 saturated carbocycles. The van der Waals surface area contributed by atoms with E-state index in [4.69, 9.17) is 0 Å². The van der Waals surface area contributed by atoms with Crippen LogP contribution in [-0.2, 0) is 13.1 Å². The Morgan fingerprint density at radius 2 is 1.80 bits per heavy atom. The van der Waals surface area contributed by atoms with Crippen LogP contribution in [0, 0.1) is 0 Å². The lowest BCUT2D eigenvalue weighted by Gasteiger charge is -2.21. The maximum absolute atomic E-state index is 12.7. The molecule has 0 unspecified atom stereocenters. The standard InChI is InChI=1S/C14H18F3N3/c1-13(2,3)18-8-12-19-10-6-4-5-7-11(10)20(12)9-14(15,16)17/h4-7,18H,8-9H2,1-3H3. The summed E-state index contributed by atoms with van der Waals surface area (Å²) < 4.78 is 39.4. The molecule has 0 spiro atoms. The molecule has 2 aromatic rings. The molecular weight excluding hydrogens is 267 g/mol. The largest absolute Gasteiger partial charge is 0.406 e. The molecule has 0 radical (unpaired) electrons. The Labute approximate surface area is 115 Å². The highest BCUT2D eigenvalue weighted by atomic mass is 19.4. The summed E-state index contributed by atoms with van der Waals surface area (Å²) >= 11 is 0. The Hall–Kier alpha value is -1.56. The fourth-order valence-electron chi connectivity index (χ4n) is 1.96. The number of nitrogens with one attached hydrogen (secondary N) is 1. The van der Waals surface area contributed by atoms with E-state index in [1.807, 2.05) is 20.8 Å². The lowest BCUT2D eigenvalue weighted by atomic mass is 10.1. The number of benzene rings is 1. The Balaban J connectivity index is 2.39. The molecule has 6 heteroatoms. The summed E-state index contributed by atoms with van der Waals surface area (Å²) in [6.45, 7) is 5.17. The number of hydrogen-bond acceptors (Lipinski definition) is 2. The minimum absolute atomic E-state index is 0.179. The highest BCUT2D eigenvalue weighted by molar-refractivity contribution is 5.75. The van der Waals surface area contributed by atoms with Crippen molar-refractivity contribution in [3.63, 3.8) is 0 Å². The quantitative estimate of drug-likeness (QED) is 0.935. The van der Waals surface area contributed by atoms with Crippen LogP contribution in [-0.4, -0.2) is 21.3 Å². The average Bonchev–Trinajstić information content (AvgIpc) is 2.62. The second-order valence-electron chi connectivity index (χ2n) is 5.82. The molecule has 0 saturated heterocycles. The maximum atomic E-state index is 12.7. The third-order valence-corrected chi connectivity index (χ3v) is 2.85. The van der Waals surface area contributed by atoms with Crippen LogP contribution in [0.5, 0.6) is 0 Å². The predicted octanol–water partition coefficient (Wildman–Crippen LogP) is 3.49. The van der Waals surface area contributed by atoms with Crippen LogP contribution in [0.3, 0.4) is 0 Å². The topological polar surface area (TPSA) is 29.9 Å². The van der Waals surface area contributed by atoms with Crippen molar-refractivity contribution in [1.29, 1.82) is 0 Å². The van der Waals surface area contributed by atoms with E-state index in [-0.39, 0.29) is 5.54 Å². The first-order chi connectivity index (χ1) is 9.16. The number of nitrogens with zero attached hydrogens (tertiary/aromatic N) is 2. The van der Waals surface area contributed by atoms with E-state index in [2.05, 4.69) is 10.3 Å². The Kier molecular flexibility index (Phi) is 3.77. The number of fused-ring (bicyclic) bond motifs is 1. The Morgan fingerprint density at radius 1 is 1.15 bits per heavy atom. The van der Waals surface area contributed by atoms with Gasteiger partial charge in [0.15, 0.2) is 0 Å². The van der Waals surface area contributed by atoms with Crippen molar-refractivity contribution in [2.75, 3.05) is 0 Å². The van der Waals surface area contributed by atoms with Crippen molar-refractivity contribution in [3.8, 4) is 0 Å². The van der Waals surface area contributed by atoms with Crippen molar-refractivity contribution >= 4 is 11.0 Å². The smallest absolute Gasteiger partial charge is 0.318 e. The van der Waals surface area contributed by atoms with Crippen molar-refractivity contribution in [1.82, 2.24) is 14.9 Å². The van der Waals surface area contributed by atoms with Gasteiger partial charge in [-0.25, -0.2) is 4.98 Å². The summed E-state index contributed by atoms with van der Waals surface area (Å²) in [6.07, 6.45) is -4.26. The lowest BCUT2D eigenvalue weighted by molar-refractivity contribution is -0.140. The monoisotopic (exact) mass is 285 g/mol. The molecule has 0 aliphatic rings. The molecule has 1 aromatic carbocycles. The zero-order chi connectivity index (χ0) is 15.0. The van der Waals surface area contributed by atoms with Gasteiger partial charge >= 0.3 is 6.18 Å². The van der Waals surface area contributed by atoms with Crippen molar-refractivity contribution in [3.05, 3.63) is 30.1 Å². The van der Waals surface area contributed by atoms with Gasteiger partial charge in [-0.3, -0.25) is 0 Å². The van der Waals surface area contributed by atoms with Crippen molar-refractivity contribution in [2.24, 2.45) is 0 Å². The van der Waals surface area contributed by atoms with Gasteiger partial charge in [0, 0.05) is 5.54 Å². The molecule has 0 atom stereocenters. The Bertz CT molecular complexity index is 594. The first kappa shape index (κ1) is 14.8. The third-order valence-electron chi connectivity index (χ3n) is 2.85. The summed E-state index contributed by atoms with van der Waals surface area (Å²) in [5.74, 6) is 0.401. The van der Waals surface area contributed by atoms with Gasteiger partial charge in [-0.15, -0.1) is 0 Å². The molecule has 110 valence electrons. The molecule has 0 amide bonds. The third kappa shape index (κ3) is 3.72. The number of alkyl halides is 3. The van der Waals surface area contributed by atoms with E-state index < -0.39 is 12.7 Å². The van der Waals surface area contributed by atoms with Gasteiger partial charge in [0.1, 0.15) is 12.4 Å². The minimum Gasteiger partial charge on any atom is -0.318 e. The highest BCUT2D eigenvalue weighted by Crippen LogP contribution is 2.23. The van der Waals surface area contributed by atoms with E-state index in [1.54, 1.807) is 24.3 Å².